The molecule has 0 amide bonds. The van der Waals surface area contributed by atoms with Crippen LogP contribution in [0.3, 0.4) is 0 Å². The van der Waals surface area contributed by atoms with Gasteiger partial charge in [-0.2, -0.15) is 0 Å². The number of carbonyl (C=O) groups excluding carboxylic acids is 1. The van der Waals surface area contributed by atoms with Gasteiger partial charge in [-0.1, -0.05) is 6.07 Å². The minimum atomic E-state index is -0.917. The lowest BCUT2D eigenvalue weighted by Crippen LogP contribution is -2.23. The Balaban J connectivity index is 2.90. The standard InChI is InChI=1S/C11H14FNO2/c1-3-15-11(14)10(13)8-4-7(2)5-9(12)6-8/h4-6,10H,3,13H2,1-2H3. The van der Waals surface area contributed by atoms with Crippen LogP contribution >= 0.6 is 0 Å². The summed E-state index contributed by atoms with van der Waals surface area (Å²) in [5.74, 6) is -0.938. The molecule has 0 aliphatic heterocycles. The number of aryl methyl sites for hydroxylation is 1. The van der Waals surface area contributed by atoms with Crippen molar-refractivity contribution in [1.82, 2.24) is 0 Å². The molecule has 0 bridgehead atoms. The molecule has 2 N–H and O–H groups in total. The third-order valence-electron chi connectivity index (χ3n) is 1.96. The van der Waals surface area contributed by atoms with Crippen molar-refractivity contribution < 1.29 is 13.9 Å². The number of carbonyl (C=O) groups is 1. The Bertz CT molecular complexity index is 345. The summed E-state index contributed by atoms with van der Waals surface area (Å²) < 4.78 is 17.8. The smallest absolute Gasteiger partial charge is 0.327 e. The van der Waals surface area contributed by atoms with E-state index in [4.69, 9.17) is 10.5 Å². The second kappa shape index (κ2) is 4.89. The summed E-state index contributed by atoms with van der Waals surface area (Å²) in [6, 6.07) is 3.38. The van der Waals surface area contributed by atoms with E-state index in [0.717, 1.165) is 5.56 Å². The van der Waals surface area contributed by atoms with Crippen LogP contribution in [0.1, 0.15) is 24.1 Å². The van der Waals surface area contributed by atoms with Crippen LogP contribution in [0, 0.1) is 12.7 Å². The lowest BCUT2D eigenvalue weighted by atomic mass is 10.1. The molecule has 0 aromatic heterocycles. The van der Waals surface area contributed by atoms with Crippen molar-refractivity contribution in [2.24, 2.45) is 5.73 Å². The molecule has 0 heterocycles. The molecule has 3 nitrogen and oxygen atoms in total. The van der Waals surface area contributed by atoms with Crippen molar-refractivity contribution in [3.63, 3.8) is 0 Å². The summed E-state index contributed by atoms with van der Waals surface area (Å²) in [5.41, 5.74) is 6.78. The fraction of sp³-hybridized carbons (Fsp3) is 0.364. The predicted molar refractivity (Wildman–Crippen MR) is 54.7 cm³/mol. The van der Waals surface area contributed by atoms with Crippen molar-refractivity contribution >= 4 is 5.97 Å². The van der Waals surface area contributed by atoms with E-state index < -0.39 is 17.8 Å². The zero-order valence-electron chi connectivity index (χ0n) is 8.79. The number of hydrogen-bond donors (Lipinski definition) is 1. The van der Waals surface area contributed by atoms with E-state index in [1.54, 1.807) is 19.9 Å². The first-order valence-corrected chi connectivity index (χ1v) is 4.74. The van der Waals surface area contributed by atoms with E-state index in [1.165, 1.54) is 12.1 Å². The van der Waals surface area contributed by atoms with Crippen LogP contribution in [0.4, 0.5) is 4.39 Å². The number of rotatable bonds is 3. The zero-order valence-corrected chi connectivity index (χ0v) is 8.79. The third-order valence-corrected chi connectivity index (χ3v) is 1.96. The highest BCUT2D eigenvalue weighted by Gasteiger charge is 2.17. The van der Waals surface area contributed by atoms with E-state index >= 15 is 0 Å². The molecule has 82 valence electrons. The summed E-state index contributed by atoms with van der Waals surface area (Å²) in [6.07, 6.45) is 0. The summed E-state index contributed by atoms with van der Waals surface area (Å²) in [5, 5.41) is 0. The van der Waals surface area contributed by atoms with Gasteiger partial charge in [0, 0.05) is 0 Å². The second-order valence-electron chi connectivity index (χ2n) is 3.29. The molecule has 1 aromatic rings. The maximum absolute atomic E-state index is 13.0. The Morgan fingerprint density at radius 3 is 2.73 bits per heavy atom. The first-order valence-electron chi connectivity index (χ1n) is 4.74. The highest BCUT2D eigenvalue weighted by Crippen LogP contribution is 2.15. The predicted octanol–water partition coefficient (Wildman–Crippen LogP) is 1.70. The number of nitrogens with two attached hydrogens (primary N) is 1. The molecule has 0 aliphatic rings. The second-order valence-corrected chi connectivity index (χ2v) is 3.29. The molecule has 1 atom stereocenters. The van der Waals surface area contributed by atoms with Crippen LogP contribution in [-0.4, -0.2) is 12.6 Å². The van der Waals surface area contributed by atoms with E-state index in [-0.39, 0.29) is 6.61 Å². The summed E-state index contributed by atoms with van der Waals surface area (Å²) >= 11 is 0. The maximum Gasteiger partial charge on any atom is 0.327 e. The zero-order chi connectivity index (χ0) is 11.4. The molecular weight excluding hydrogens is 197 g/mol. The average molecular weight is 211 g/mol. The van der Waals surface area contributed by atoms with Crippen LogP contribution in [0.5, 0.6) is 0 Å². The SMILES string of the molecule is CCOC(=O)C(N)c1cc(C)cc(F)c1. The normalized spacial score (nSPS) is 12.3. The first kappa shape index (κ1) is 11.7. The van der Waals surface area contributed by atoms with Gasteiger partial charge in [-0.3, -0.25) is 0 Å². The van der Waals surface area contributed by atoms with E-state index in [0.29, 0.717) is 5.56 Å². The van der Waals surface area contributed by atoms with Gasteiger partial charge in [-0.05, 0) is 37.1 Å². The number of hydrogen-bond acceptors (Lipinski definition) is 3. The molecule has 1 rings (SSSR count). The fourth-order valence-electron chi connectivity index (χ4n) is 1.31. The lowest BCUT2D eigenvalue weighted by Gasteiger charge is -2.11. The van der Waals surface area contributed by atoms with E-state index in [1.807, 2.05) is 0 Å². The van der Waals surface area contributed by atoms with Gasteiger partial charge >= 0.3 is 5.97 Å². The van der Waals surface area contributed by atoms with Crippen molar-refractivity contribution in [2.45, 2.75) is 19.9 Å². The van der Waals surface area contributed by atoms with Gasteiger partial charge in [0.2, 0.25) is 0 Å². The van der Waals surface area contributed by atoms with Gasteiger partial charge in [0.15, 0.2) is 0 Å². The largest absolute Gasteiger partial charge is 0.465 e. The molecule has 4 heteroatoms. The van der Waals surface area contributed by atoms with Gasteiger partial charge in [0.1, 0.15) is 11.9 Å². The van der Waals surface area contributed by atoms with Gasteiger partial charge in [-0.25, -0.2) is 9.18 Å². The maximum atomic E-state index is 13.0. The lowest BCUT2D eigenvalue weighted by molar-refractivity contribution is -0.144. The van der Waals surface area contributed by atoms with Gasteiger partial charge < -0.3 is 10.5 Å². The fourth-order valence-corrected chi connectivity index (χ4v) is 1.31. The molecule has 1 unspecified atom stereocenters. The molecule has 0 saturated heterocycles. The number of halogens is 1. The number of ether oxygens (including phenoxy) is 1. The number of esters is 1. The van der Waals surface area contributed by atoms with Gasteiger partial charge in [0.25, 0.3) is 0 Å². The monoisotopic (exact) mass is 211 g/mol. The van der Waals surface area contributed by atoms with Crippen molar-refractivity contribution in [3.8, 4) is 0 Å². The Morgan fingerprint density at radius 1 is 1.53 bits per heavy atom. The van der Waals surface area contributed by atoms with Crippen LogP contribution in [0.15, 0.2) is 18.2 Å². The number of benzene rings is 1. The summed E-state index contributed by atoms with van der Waals surface area (Å²) in [6.45, 7) is 3.70. The van der Waals surface area contributed by atoms with Crippen LogP contribution in [0.2, 0.25) is 0 Å². The molecule has 0 aliphatic carbocycles. The topological polar surface area (TPSA) is 52.3 Å². The van der Waals surface area contributed by atoms with Gasteiger partial charge in [-0.15, -0.1) is 0 Å². The summed E-state index contributed by atoms with van der Waals surface area (Å²) in [7, 11) is 0. The molecule has 0 saturated carbocycles. The molecular formula is C11H14FNO2. The molecule has 0 radical (unpaired) electrons. The Labute approximate surface area is 88.0 Å². The van der Waals surface area contributed by atoms with Crippen LogP contribution in [0.25, 0.3) is 0 Å². The third kappa shape index (κ3) is 3.02. The molecule has 15 heavy (non-hydrogen) atoms. The highest BCUT2D eigenvalue weighted by atomic mass is 19.1. The van der Waals surface area contributed by atoms with Gasteiger partial charge in [0.05, 0.1) is 6.61 Å². The molecule has 0 fully saturated rings. The minimum absolute atomic E-state index is 0.265. The Hall–Kier alpha value is -1.42. The molecule has 1 aromatic carbocycles. The first-order chi connectivity index (χ1) is 7.04. The minimum Gasteiger partial charge on any atom is -0.465 e. The van der Waals surface area contributed by atoms with Crippen LogP contribution < -0.4 is 5.73 Å². The van der Waals surface area contributed by atoms with Crippen LogP contribution in [-0.2, 0) is 9.53 Å². The molecule has 0 spiro atoms. The summed E-state index contributed by atoms with van der Waals surface area (Å²) in [4.78, 5) is 11.3. The van der Waals surface area contributed by atoms with E-state index in [2.05, 4.69) is 0 Å². The quantitative estimate of drug-likeness (QED) is 0.774. The van der Waals surface area contributed by atoms with Crippen molar-refractivity contribution in [2.75, 3.05) is 6.61 Å². The highest BCUT2D eigenvalue weighted by molar-refractivity contribution is 5.77. The Kier molecular flexibility index (Phi) is 3.80. The van der Waals surface area contributed by atoms with E-state index in [9.17, 15) is 9.18 Å². The van der Waals surface area contributed by atoms with Crippen molar-refractivity contribution in [1.29, 1.82) is 0 Å². The Morgan fingerprint density at radius 2 is 2.20 bits per heavy atom. The average Bonchev–Trinajstić information content (AvgIpc) is 2.15. The van der Waals surface area contributed by atoms with Crippen molar-refractivity contribution in [3.05, 3.63) is 35.1 Å².